The van der Waals surface area contributed by atoms with Gasteiger partial charge in [-0.15, -0.1) is 0 Å². The molecule has 1 aliphatic rings. The van der Waals surface area contributed by atoms with E-state index in [0.717, 1.165) is 25.8 Å². The SMILES string of the molecule is CCc1cccc2c(CCNC(=O)CC3CCCN3)c[nH]c12. The van der Waals surface area contributed by atoms with Gasteiger partial charge in [0.25, 0.3) is 0 Å². The van der Waals surface area contributed by atoms with E-state index < -0.39 is 0 Å². The molecule has 2 heterocycles. The molecule has 0 spiro atoms. The first-order valence-corrected chi connectivity index (χ1v) is 8.36. The van der Waals surface area contributed by atoms with Crippen molar-refractivity contribution in [3.63, 3.8) is 0 Å². The molecule has 0 bridgehead atoms. The third-order valence-electron chi connectivity index (χ3n) is 4.58. The first-order chi connectivity index (χ1) is 10.8. The monoisotopic (exact) mass is 299 g/mol. The number of amides is 1. The summed E-state index contributed by atoms with van der Waals surface area (Å²) < 4.78 is 0. The van der Waals surface area contributed by atoms with E-state index in [4.69, 9.17) is 0 Å². The molecule has 3 rings (SSSR count). The molecule has 1 aromatic carbocycles. The van der Waals surface area contributed by atoms with Crippen LogP contribution in [0.25, 0.3) is 10.9 Å². The van der Waals surface area contributed by atoms with Crippen molar-refractivity contribution in [3.8, 4) is 0 Å². The Morgan fingerprint density at radius 2 is 2.27 bits per heavy atom. The highest BCUT2D eigenvalue weighted by atomic mass is 16.1. The minimum atomic E-state index is 0.161. The third kappa shape index (κ3) is 3.33. The summed E-state index contributed by atoms with van der Waals surface area (Å²) >= 11 is 0. The Morgan fingerprint density at radius 1 is 1.36 bits per heavy atom. The molecular weight excluding hydrogens is 274 g/mol. The summed E-state index contributed by atoms with van der Waals surface area (Å²) in [5.41, 5.74) is 3.87. The van der Waals surface area contributed by atoms with E-state index in [2.05, 4.69) is 46.9 Å². The number of para-hydroxylation sites is 1. The summed E-state index contributed by atoms with van der Waals surface area (Å²) in [6, 6.07) is 6.81. The molecule has 1 fully saturated rings. The standard InChI is InChI=1S/C18H25N3O/c1-2-13-5-3-7-16-14(12-21-18(13)16)8-10-20-17(22)11-15-6-4-9-19-15/h3,5,7,12,15,19,21H,2,4,6,8-11H2,1H3,(H,20,22). The van der Waals surface area contributed by atoms with Crippen molar-refractivity contribution in [2.75, 3.05) is 13.1 Å². The fourth-order valence-corrected chi connectivity index (χ4v) is 3.34. The van der Waals surface area contributed by atoms with Gasteiger partial charge in [-0.1, -0.05) is 25.1 Å². The van der Waals surface area contributed by atoms with Crippen LogP contribution in [0.15, 0.2) is 24.4 Å². The molecule has 1 unspecified atom stereocenters. The molecule has 1 atom stereocenters. The van der Waals surface area contributed by atoms with Crippen LogP contribution in [0, 0.1) is 0 Å². The lowest BCUT2D eigenvalue weighted by molar-refractivity contribution is -0.121. The molecule has 4 heteroatoms. The highest BCUT2D eigenvalue weighted by Gasteiger charge is 2.17. The van der Waals surface area contributed by atoms with E-state index in [-0.39, 0.29) is 5.91 Å². The number of nitrogens with one attached hydrogen (secondary N) is 3. The van der Waals surface area contributed by atoms with Crippen LogP contribution >= 0.6 is 0 Å². The van der Waals surface area contributed by atoms with Gasteiger partial charge in [0, 0.05) is 36.1 Å². The predicted octanol–water partition coefficient (Wildman–Crippen LogP) is 2.53. The largest absolute Gasteiger partial charge is 0.361 e. The Bertz CT molecular complexity index is 641. The van der Waals surface area contributed by atoms with Gasteiger partial charge >= 0.3 is 0 Å². The van der Waals surface area contributed by atoms with Gasteiger partial charge in [-0.3, -0.25) is 4.79 Å². The van der Waals surface area contributed by atoms with Crippen LogP contribution in [0.5, 0.6) is 0 Å². The number of fused-ring (bicyclic) bond motifs is 1. The zero-order valence-corrected chi connectivity index (χ0v) is 13.2. The number of carbonyl (C=O) groups is 1. The van der Waals surface area contributed by atoms with Gasteiger partial charge < -0.3 is 15.6 Å². The van der Waals surface area contributed by atoms with Crippen molar-refractivity contribution in [1.29, 1.82) is 0 Å². The number of hydrogen-bond donors (Lipinski definition) is 3. The van der Waals surface area contributed by atoms with Crippen molar-refractivity contribution in [2.24, 2.45) is 0 Å². The number of H-pyrrole nitrogens is 1. The zero-order valence-electron chi connectivity index (χ0n) is 13.2. The maximum absolute atomic E-state index is 11.9. The lowest BCUT2D eigenvalue weighted by Gasteiger charge is -2.10. The molecule has 0 saturated carbocycles. The second kappa shape index (κ2) is 6.97. The Labute approximate surface area is 131 Å². The van der Waals surface area contributed by atoms with Gasteiger partial charge in [-0.2, -0.15) is 0 Å². The molecule has 1 saturated heterocycles. The summed E-state index contributed by atoms with van der Waals surface area (Å²) in [5, 5.41) is 7.69. The van der Waals surface area contributed by atoms with Gasteiger partial charge in [0.15, 0.2) is 0 Å². The lowest BCUT2D eigenvalue weighted by atomic mass is 10.1. The quantitative estimate of drug-likeness (QED) is 0.768. The second-order valence-electron chi connectivity index (χ2n) is 6.10. The summed E-state index contributed by atoms with van der Waals surface area (Å²) in [5.74, 6) is 0.161. The number of rotatable bonds is 6. The van der Waals surface area contributed by atoms with Crippen molar-refractivity contribution < 1.29 is 4.79 Å². The van der Waals surface area contributed by atoms with Crippen LogP contribution in [0.2, 0.25) is 0 Å². The molecule has 1 amide bonds. The van der Waals surface area contributed by atoms with Crippen LogP contribution in [0.3, 0.4) is 0 Å². The molecule has 1 aromatic heterocycles. The average molecular weight is 299 g/mol. The van der Waals surface area contributed by atoms with Gasteiger partial charge in [0.1, 0.15) is 0 Å². The number of hydrogen-bond acceptors (Lipinski definition) is 2. The summed E-state index contributed by atoms with van der Waals surface area (Å²) in [4.78, 5) is 15.3. The molecule has 0 aliphatic carbocycles. The van der Waals surface area contributed by atoms with Gasteiger partial charge in [-0.05, 0) is 43.4 Å². The number of aromatic nitrogens is 1. The molecule has 4 nitrogen and oxygen atoms in total. The van der Waals surface area contributed by atoms with Crippen LogP contribution in [0.4, 0.5) is 0 Å². The van der Waals surface area contributed by atoms with E-state index in [9.17, 15) is 4.79 Å². The number of benzene rings is 1. The number of carbonyl (C=O) groups excluding carboxylic acids is 1. The zero-order chi connectivity index (χ0) is 15.4. The van der Waals surface area contributed by atoms with Crippen molar-refractivity contribution >= 4 is 16.8 Å². The normalized spacial score (nSPS) is 18.0. The van der Waals surface area contributed by atoms with Crippen molar-refractivity contribution in [2.45, 2.75) is 45.1 Å². The van der Waals surface area contributed by atoms with E-state index in [0.29, 0.717) is 19.0 Å². The first-order valence-electron chi connectivity index (χ1n) is 8.36. The summed E-state index contributed by atoms with van der Waals surface area (Å²) in [7, 11) is 0. The molecule has 22 heavy (non-hydrogen) atoms. The van der Waals surface area contributed by atoms with E-state index in [1.165, 1.54) is 28.5 Å². The van der Waals surface area contributed by atoms with Crippen LogP contribution in [0.1, 0.15) is 37.3 Å². The van der Waals surface area contributed by atoms with Gasteiger partial charge in [-0.25, -0.2) is 0 Å². The first kappa shape index (κ1) is 15.1. The smallest absolute Gasteiger partial charge is 0.221 e. The van der Waals surface area contributed by atoms with Gasteiger partial charge in [0.05, 0.1) is 0 Å². The van der Waals surface area contributed by atoms with Crippen LogP contribution in [-0.2, 0) is 17.6 Å². The minimum Gasteiger partial charge on any atom is -0.361 e. The Balaban J connectivity index is 1.54. The minimum absolute atomic E-state index is 0.161. The van der Waals surface area contributed by atoms with Crippen LogP contribution in [-0.4, -0.2) is 30.0 Å². The molecule has 1 aliphatic heterocycles. The maximum Gasteiger partial charge on any atom is 0.221 e. The Morgan fingerprint density at radius 3 is 3.05 bits per heavy atom. The lowest BCUT2D eigenvalue weighted by Crippen LogP contribution is -2.32. The molecule has 118 valence electrons. The third-order valence-corrected chi connectivity index (χ3v) is 4.58. The summed E-state index contributed by atoms with van der Waals surface area (Å²) in [6.07, 6.45) is 6.89. The average Bonchev–Trinajstić information content (AvgIpc) is 3.17. The number of aryl methyl sites for hydroxylation is 1. The van der Waals surface area contributed by atoms with Crippen molar-refractivity contribution in [1.82, 2.24) is 15.6 Å². The van der Waals surface area contributed by atoms with Crippen molar-refractivity contribution in [3.05, 3.63) is 35.5 Å². The van der Waals surface area contributed by atoms with E-state index in [1.54, 1.807) is 0 Å². The highest BCUT2D eigenvalue weighted by Crippen LogP contribution is 2.22. The fraction of sp³-hybridized carbons (Fsp3) is 0.500. The second-order valence-corrected chi connectivity index (χ2v) is 6.10. The topological polar surface area (TPSA) is 56.9 Å². The van der Waals surface area contributed by atoms with Crippen LogP contribution < -0.4 is 10.6 Å². The summed E-state index contributed by atoms with van der Waals surface area (Å²) in [6.45, 7) is 3.93. The van der Waals surface area contributed by atoms with E-state index >= 15 is 0 Å². The molecular formula is C18H25N3O. The van der Waals surface area contributed by atoms with E-state index in [1.807, 2.05) is 0 Å². The van der Waals surface area contributed by atoms with Gasteiger partial charge in [0.2, 0.25) is 5.91 Å². The maximum atomic E-state index is 11.9. The molecule has 3 N–H and O–H groups in total. The number of aromatic amines is 1. The fourth-order valence-electron chi connectivity index (χ4n) is 3.34. The molecule has 2 aromatic rings. The highest BCUT2D eigenvalue weighted by molar-refractivity contribution is 5.86. The predicted molar refractivity (Wildman–Crippen MR) is 90.0 cm³/mol. The Kier molecular flexibility index (Phi) is 4.78. The Hall–Kier alpha value is -1.81. The molecule has 0 radical (unpaired) electrons.